The lowest BCUT2D eigenvalue weighted by Crippen LogP contribution is -2.56. The van der Waals surface area contributed by atoms with Crippen molar-refractivity contribution < 1.29 is 9.53 Å². The second kappa shape index (κ2) is 4.59. The highest BCUT2D eigenvalue weighted by molar-refractivity contribution is 5.94. The molecule has 1 aromatic rings. The Labute approximate surface area is 102 Å². The van der Waals surface area contributed by atoms with E-state index in [0.29, 0.717) is 6.61 Å². The van der Waals surface area contributed by atoms with E-state index in [1.54, 1.807) is 6.92 Å². The number of rotatable bonds is 1. The summed E-state index contributed by atoms with van der Waals surface area (Å²) >= 11 is 0. The molecule has 0 unspecified atom stereocenters. The fourth-order valence-electron chi connectivity index (χ4n) is 2.31. The van der Waals surface area contributed by atoms with Gasteiger partial charge in [0.15, 0.2) is 5.78 Å². The zero-order valence-corrected chi connectivity index (χ0v) is 10.7. The molecule has 0 atom stereocenters. The first kappa shape index (κ1) is 12.3. The highest BCUT2D eigenvalue weighted by atomic mass is 16.5. The molecule has 2 aliphatic heterocycles. The standard InChI is InChI=1S/C12H13NO2.C2H6/c1-8(14)9-2-3-11-10(4-9)5-15-12(11)6-13-7-12;1-2/h2-4,13H,5-7H2,1H3;1-2H3. The van der Waals surface area contributed by atoms with E-state index in [0.717, 1.165) is 18.7 Å². The largest absolute Gasteiger partial charge is 0.363 e. The summed E-state index contributed by atoms with van der Waals surface area (Å²) in [6.07, 6.45) is 0. The number of hydrogen-bond acceptors (Lipinski definition) is 3. The van der Waals surface area contributed by atoms with Crippen molar-refractivity contribution in [3.8, 4) is 0 Å². The highest BCUT2D eigenvalue weighted by Gasteiger charge is 2.45. The Morgan fingerprint density at radius 3 is 2.59 bits per heavy atom. The Hall–Kier alpha value is -1.19. The van der Waals surface area contributed by atoms with E-state index in [2.05, 4.69) is 5.32 Å². The van der Waals surface area contributed by atoms with E-state index in [4.69, 9.17) is 4.74 Å². The Morgan fingerprint density at radius 1 is 1.35 bits per heavy atom. The Balaban J connectivity index is 0.000000514. The van der Waals surface area contributed by atoms with Gasteiger partial charge in [-0.05, 0) is 24.1 Å². The second-order valence-corrected chi connectivity index (χ2v) is 4.31. The van der Waals surface area contributed by atoms with Crippen LogP contribution in [0.4, 0.5) is 0 Å². The zero-order chi connectivity index (χ0) is 12.5. The van der Waals surface area contributed by atoms with Crippen molar-refractivity contribution in [2.45, 2.75) is 33.0 Å². The van der Waals surface area contributed by atoms with E-state index >= 15 is 0 Å². The van der Waals surface area contributed by atoms with Gasteiger partial charge in [-0.1, -0.05) is 26.0 Å². The van der Waals surface area contributed by atoms with Gasteiger partial charge in [0.05, 0.1) is 6.61 Å². The summed E-state index contributed by atoms with van der Waals surface area (Å²) in [5.74, 6) is 0.116. The number of hydrogen-bond donors (Lipinski definition) is 1. The minimum Gasteiger partial charge on any atom is -0.363 e. The van der Waals surface area contributed by atoms with Gasteiger partial charge in [0.1, 0.15) is 5.60 Å². The van der Waals surface area contributed by atoms with Crippen molar-refractivity contribution >= 4 is 5.78 Å². The number of ketones is 1. The molecule has 0 saturated carbocycles. The molecule has 17 heavy (non-hydrogen) atoms. The number of nitrogens with one attached hydrogen (secondary N) is 1. The summed E-state index contributed by atoms with van der Waals surface area (Å²) < 4.78 is 5.81. The number of Topliss-reactive ketones (excluding diaryl/α,β-unsaturated/α-hetero) is 1. The molecule has 3 heteroatoms. The van der Waals surface area contributed by atoms with Gasteiger partial charge >= 0.3 is 0 Å². The summed E-state index contributed by atoms with van der Waals surface area (Å²) in [4.78, 5) is 11.2. The molecular formula is C14H19NO2. The first-order valence-corrected chi connectivity index (χ1v) is 6.20. The third-order valence-electron chi connectivity index (χ3n) is 3.33. The normalized spacial score (nSPS) is 19.0. The van der Waals surface area contributed by atoms with Gasteiger partial charge in [-0.2, -0.15) is 0 Å². The molecular weight excluding hydrogens is 214 g/mol. The van der Waals surface area contributed by atoms with Crippen molar-refractivity contribution in [3.63, 3.8) is 0 Å². The van der Waals surface area contributed by atoms with Crippen LogP contribution in [0.5, 0.6) is 0 Å². The second-order valence-electron chi connectivity index (χ2n) is 4.31. The topological polar surface area (TPSA) is 38.3 Å². The Morgan fingerprint density at radius 2 is 2.06 bits per heavy atom. The lowest BCUT2D eigenvalue weighted by atomic mass is 9.86. The maximum Gasteiger partial charge on any atom is 0.159 e. The predicted molar refractivity (Wildman–Crippen MR) is 67.1 cm³/mol. The smallest absolute Gasteiger partial charge is 0.159 e. The van der Waals surface area contributed by atoms with Crippen molar-refractivity contribution in [1.29, 1.82) is 0 Å². The molecule has 0 aromatic heterocycles. The molecule has 0 amide bonds. The van der Waals surface area contributed by atoms with Crippen molar-refractivity contribution in [1.82, 2.24) is 5.32 Å². The Kier molecular flexibility index (Phi) is 3.31. The van der Waals surface area contributed by atoms with Crippen LogP contribution in [0.25, 0.3) is 0 Å². The van der Waals surface area contributed by atoms with Gasteiger partial charge < -0.3 is 10.1 Å². The fraction of sp³-hybridized carbons (Fsp3) is 0.500. The Bertz CT molecular complexity index is 436. The third kappa shape index (κ3) is 1.90. The number of carbonyl (C=O) groups is 1. The number of carbonyl (C=O) groups excluding carboxylic acids is 1. The number of ether oxygens (including phenoxy) is 1. The predicted octanol–water partition coefficient (Wildman–Crippen LogP) is 2.24. The molecule has 0 bridgehead atoms. The van der Waals surface area contributed by atoms with Crippen LogP contribution >= 0.6 is 0 Å². The SMILES string of the molecule is CC.CC(=O)c1ccc2c(c1)COC21CNC1. The molecule has 2 aliphatic rings. The van der Waals surface area contributed by atoms with Gasteiger partial charge in [0.2, 0.25) is 0 Å². The van der Waals surface area contributed by atoms with Crippen LogP contribution in [0.3, 0.4) is 0 Å². The molecule has 1 saturated heterocycles. The van der Waals surface area contributed by atoms with Gasteiger partial charge in [0, 0.05) is 18.7 Å². The molecule has 1 fully saturated rings. The molecule has 0 radical (unpaired) electrons. The molecule has 3 rings (SSSR count). The summed E-state index contributed by atoms with van der Waals surface area (Å²) in [6.45, 7) is 8.01. The number of benzene rings is 1. The van der Waals surface area contributed by atoms with Crippen molar-refractivity contribution in [3.05, 3.63) is 34.9 Å². The van der Waals surface area contributed by atoms with E-state index in [-0.39, 0.29) is 11.4 Å². The van der Waals surface area contributed by atoms with E-state index in [9.17, 15) is 4.79 Å². The van der Waals surface area contributed by atoms with Crippen LogP contribution in [0.1, 0.15) is 42.3 Å². The minimum absolute atomic E-state index is 0.0926. The van der Waals surface area contributed by atoms with Crippen molar-refractivity contribution in [2.24, 2.45) is 0 Å². The summed E-state index contributed by atoms with van der Waals surface area (Å²) in [5.41, 5.74) is 3.11. The summed E-state index contributed by atoms with van der Waals surface area (Å²) in [7, 11) is 0. The number of fused-ring (bicyclic) bond motifs is 2. The van der Waals surface area contributed by atoms with Crippen LogP contribution in [0.2, 0.25) is 0 Å². The molecule has 92 valence electrons. The lowest BCUT2D eigenvalue weighted by molar-refractivity contribution is -0.0746. The summed E-state index contributed by atoms with van der Waals surface area (Å²) in [5, 5.41) is 3.23. The summed E-state index contributed by atoms with van der Waals surface area (Å²) in [6, 6.07) is 5.90. The average Bonchev–Trinajstić information content (AvgIpc) is 2.69. The van der Waals surface area contributed by atoms with Gasteiger partial charge in [-0.15, -0.1) is 0 Å². The zero-order valence-electron chi connectivity index (χ0n) is 10.7. The average molecular weight is 233 g/mol. The van der Waals surface area contributed by atoms with Gasteiger partial charge in [-0.25, -0.2) is 0 Å². The van der Waals surface area contributed by atoms with E-state index in [1.807, 2.05) is 32.0 Å². The van der Waals surface area contributed by atoms with Crippen molar-refractivity contribution in [2.75, 3.05) is 13.1 Å². The maximum atomic E-state index is 11.2. The molecule has 1 spiro atoms. The fourth-order valence-corrected chi connectivity index (χ4v) is 2.31. The molecule has 0 aliphatic carbocycles. The van der Waals surface area contributed by atoms with Crippen LogP contribution < -0.4 is 5.32 Å². The first-order chi connectivity index (χ1) is 8.21. The first-order valence-electron chi connectivity index (χ1n) is 6.20. The molecule has 2 heterocycles. The highest BCUT2D eigenvalue weighted by Crippen LogP contribution is 2.39. The van der Waals surface area contributed by atoms with Crippen LogP contribution in [0, 0.1) is 0 Å². The van der Waals surface area contributed by atoms with Crippen LogP contribution in [-0.2, 0) is 16.9 Å². The maximum absolute atomic E-state index is 11.2. The van der Waals surface area contributed by atoms with E-state index < -0.39 is 0 Å². The van der Waals surface area contributed by atoms with Gasteiger partial charge in [-0.3, -0.25) is 4.79 Å². The quantitative estimate of drug-likeness (QED) is 0.756. The lowest BCUT2D eigenvalue weighted by Gasteiger charge is -2.39. The monoisotopic (exact) mass is 233 g/mol. The van der Waals surface area contributed by atoms with Crippen LogP contribution in [0.15, 0.2) is 18.2 Å². The molecule has 1 N–H and O–H groups in total. The molecule has 3 nitrogen and oxygen atoms in total. The minimum atomic E-state index is -0.0926. The van der Waals surface area contributed by atoms with Crippen LogP contribution in [-0.4, -0.2) is 18.9 Å². The third-order valence-corrected chi connectivity index (χ3v) is 3.33. The van der Waals surface area contributed by atoms with Gasteiger partial charge in [0.25, 0.3) is 0 Å². The van der Waals surface area contributed by atoms with E-state index in [1.165, 1.54) is 11.1 Å². The molecule has 1 aromatic carbocycles.